The van der Waals surface area contributed by atoms with Crippen LogP contribution in [0.1, 0.15) is 18.4 Å². The number of hydrogen-bond donors (Lipinski definition) is 1. The zero-order chi connectivity index (χ0) is 20.3. The molecule has 0 atom stereocenters. The van der Waals surface area contributed by atoms with Crippen LogP contribution in [-0.4, -0.2) is 37.2 Å². The van der Waals surface area contributed by atoms with Gasteiger partial charge in [0.15, 0.2) is 5.13 Å². The van der Waals surface area contributed by atoms with Crippen molar-refractivity contribution in [2.45, 2.75) is 24.7 Å². The Labute approximate surface area is 167 Å². The maximum atomic E-state index is 13.0. The Bertz CT molecular complexity index is 1100. The predicted octanol–water partition coefficient (Wildman–Crippen LogP) is 3.78. The van der Waals surface area contributed by atoms with Gasteiger partial charge in [0.1, 0.15) is 5.82 Å². The SMILES string of the molecule is Cc1ccc2nc(NC(=O)CCCN(C)S(=O)(=O)c3ccc(F)cc3)sc2c1. The Morgan fingerprint density at radius 3 is 2.64 bits per heavy atom. The molecule has 0 saturated carbocycles. The van der Waals surface area contributed by atoms with Crippen LogP contribution in [0.4, 0.5) is 9.52 Å². The van der Waals surface area contributed by atoms with Gasteiger partial charge >= 0.3 is 0 Å². The van der Waals surface area contributed by atoms with Crippen LogP contribution < -0.4 is 5.32 Å². The van der Waals surface area contributed by atoms with Gasteiger partial charge in [-0.2, -0.15) is 0 Å². The summed E-state index contributed by atoms with van der Waals surface area (Å²) in [6, 6.07) is 10.5. The molecule has 1 aromatic heterocycles. The van der Waals surface area contributed by atoms with Crippen molar-refractivity contribution < 1.29 is 17.6 Å². The number of sulfonamides is 1. The number of thiazole rings is 1. The Morgan fingerprint density at radius 2 is 1.93 bits per heavy atom. The molecule has 0 saturated heterocycles. The van der Waals surface area contributed by atoms with Crippen molar-refractivity contribution in [3.8, 4) is 0 Å². The number of benzene rings is 2. The lowest BCUT2D eigenvalue weighted by Gasteiger charge is -2.16. The molecule has 1 heterocycles. The number of aryl methyl sites for hydroxylation is 1. The average Bonchev–Trinajstić information content (AvgIpc) is 3.03. The van der Waals surface area contributed by atoms with Crippen LogP contribution in [0.2, 0.25) is 0 Å². The smallest absolute Gasteiger partial charge is 0.242 e. The van der Waals surface area contributed by atoms with Crippen molar-refractivity contribution in [2.75, 3.05) is 18.9 Å². The largest absolute Gasteiger partial charge is 0.302 e. The maximum Gasteiger partial charge on any atom is 0.242 e. The minimum Gasteiger partial charge on any atom is -0.302 e. The van der Waals surface area contributed by atoms with Gasteiger partial charge < -0.3 is 5.32 Å². The molecule has 9 heteroatoms. The van der Waals surface area contributed by atoms with Crippen LogP contribution >= 0.6 is 11.3 Å². The lowest BCUT2D eigenvalue weighted by molar-refractivity contribution is -0.116. The van der Waals surface area contributed by atoms with Crippen molar-refractivity contribution >= 4 is 42.6 Å². The topological polar surface area (TPSA) is 79.4 Å². The summed E-state index contributed by atoms with van der Waals surface area (Å²) < 4.78 is 40.0. The highest BCUT2D eigenvalue weighted by Gasteiger charge is 2.20. The van der Waals surface area contributed by atoms with E-state index in [0.29, 0.717) is 11.6 Å². The molecule has 148 valence electrons. The fraction of sp³-hybridized carbons (Fsp3) is 0.263. The van der Waals surface area contributed by atoms with Crippen molar-refractivity contribution in [3.63, 3.8) is 0 Å². The summed E-state index contributed by atoms with van der Waals surface area (Å²) in [5, 5.41) is 3.29. The highest BCUT2D eigenvalue weighted by atomic mass is 32.2. The van der Waals surface area contributed by atoms with Gasteiger partial charge in [-0.1, -0.05) is 17.4 Å². The van der Waals surface area contributed by atoms with E-state index in [1.807, 2.05) is 25.1 Å². The highest BCUT2D eigenvalue weighted by Crippen LogP contribution is 2.26. The summed E-state index contributed by atoms with van der Waals surface area (Å²) >= 11 is 1.40. The van der Waals surface area contributed by atoms with Gasteiger partial charge in [-0.15, -0.1) is 0 Å². The number of carbonyl (C=O) groups excluding carboxylic acids is 1. The van der Waals surface area contributed by atoms with Crippen molar-refractivity contribution in [1.82, 2.24) is 9.29 Å². The number of fused-ring (bicyclic) bond motifs is 1. The maximum absolute atomic E-state index is 13.0. The summed E-state index contributed by atoms with van der Waals surface area (Å²) in [5.74, 6) is -0.716. The zero-order valence-electron chi connectivity index (χ0n) is 15.5. The van der Waals surface area contributed by atoms with E-state index < -0.39 is 15.8 Å². The van der Waals surface area contributed by atoms with Crippen molar-refractivity contribution in [3.05, 3.63) is 53.8 Å². The second kappa shape index (κ2) is 8.34. The van der Waals surface area contributed by atoms with Crippen LogP contribution in [0.3, 0.4) is 0 Å². The Balaban J connectivity index is 1.53. The van der Waals surface area contributed by atoms with Gasteiger partial charge in [0.05, 0.1) is 15.1 Å². The summed E-state index contributed by atoms with van der Waals surface area (Å²) in [7, 11) is -2.27. The number of nitrogens with one attached hydrogen (secondary N) is 1. The van der Waals surface area contributed by atoms with E-state index in [4.69, 9.17) is 0 Å². The molecule has 0 aliphatic rings. The molecule has 0 aliphatic heterocycles. The molecule has 0 unspecified atom stereocenters. The number of rotatable bonds is 7. The van der Waals surface area contributed by atoms with E-state index >= 15 is 0 Å². The number of amides is 1. The fourth-order valence-corrected chi connectivity index (χ4v) is 4.83. The molecule has 0 fully saturated rings. The third kappa shape index (κ3) is 4.73. The minimum absolute atomic E-state index is 0.0191. The van der Waals surface area contributed by atoms with Crippen LogP contribution in [0.15, 0.2) is 47.4 Å². The van der Waals surface area contributed by atoms with Crippen LogP contribution in [0.25, 0.3) is 10.2 Å². The molecule has 3 aromatic rings. The average molecular weight is 422 g/mol. The molecule has 0 aliphatic carbocycles. The quantitative estimate of drug-likeness (QED) is 0.630. The first-order chi connectivity index (χ1) is 13.3. The number of hydrogen-bond acceptors (Lipinski definition) is 5. The van der Waals surface area contributed by atoms with Gasteiger partial charge in [0, 0.05) is 20.0 Å². The summed E-state index contributed by atoms with van der Waals surface area (Å²) in [5.41, 5.74) is 1.95. The molecule has 28 heavy (non-hydrogen) atoms. The molecule has 1 amide bonds. The second-order valence-electron chi connectivity index (χ2n) is 6.42. The number of aromatic nitrogens is 1. The fourth-order valence-electron chi connectivity index (χ4n) is 2.64. The van der Waals surface area contributed by atoms with E-state index in [0.717, 1.165) is 32.2 Å². The van der Waals surface area contributed by atoms with Crippen LogP contribution in [0.5, 0.6) is 0 Å². The third-order valence-electron chi connectivity index (χ3n) is 4.19. The molecule has 1 N–H and O–H groups in total. The molecule has 0 radical (unpaired) electrons. The van der Waals surface area contributed by atoms with Gasteiger partial charge in [-0.05, 0) is 55.3 Å². The first-order valence-corrected chi connectivity index (χ1v) is 10.9. The van der Waals surface area contributed by atoms with Crippen LogP contribution in [0, 0.1) is 12.7 Å². The lowest BCUT2D eigenvalue weighted by Crippen LogP contribution is -2.28. The molecule has 6 nitrogen and oxygen atoms in total. The van der Waals surface area contributed by atoms with Gasteiger partial charge in [-0.25, -0.2) is 22.1 Å². The van der Waals surface area contributed by atoms with Gasteiger partial charge in [0.2, 0.25) is 15.9 Å². The molecular weight excluding hydrogens is 401 g/mol. The van der Waals surface area contributed by atoms with E-state index in [1.165, 1.54) is 30.5 Å². The molecule has 3 rings (SSSR count). The molecule has 2 aromatic carbocycles. The first-order valence-electron chi connectivity index (χ1n) is 8.64. The minimum atomic E-state index is -3.71. The van der Waals surface area contributed by atoms with E-state index in [2.05, 4.69) is 10.3 Å². The number of nitrogens with zero attached hydrogens (tertiary/aromatic N) is 2. The van der Waals surface area contributed by atoms with Crippen LogP contribution in [-0.2, 0) is 14.8 Å². The van der Waals surface area contributed by atoms with E-state index in [-0.39, 0.29) is 23.8 Å². The molecule has 0 spiro atoms. The Kier molecular flexibility index (Phi) is 6.07. The normalized spacial score (nSPS) is 11.9. The van der Waals surface area contributed by atoms with Crippen molar-refractivity contribution in [1.29, 1.82) is 0 Å². The molecular formula is C19H20FN3O3S2. The van der Waals surface area contributed by atoms with Crippen molar-refractivity contribution in [2.24, 2.45) is 0 Å². The Morgan fingerprint density at radius 1 is 1.21 bits per heavy atom. The van der Waals surface area contributed by atoms with Gasteiger partial charge in [-0.3, -0.25) is 4.79 Å². The number of carbonyl (C=O) groups is 1. The second-order valence-corrected chi connectivity index (χ2v) is 9.50. The lowest BCUT2D eigenvalue weighted by atomic mass is 10.2. The summed E-state index contributed by atoms with van der Waals surface area (Å²) in [6.07, 6.45) is 0.519. The highest BCUT2D eigenvalue weighted by molar-refractivity contribution is 7.89. The molecule has 0 bridgehead atoms. The summed E-state index contributed by atoms with van der Waals surface area (Å²) in [6.45, 7) is 2.17. The predicted molar refractivity (Wildman–Crippen MR) is 108 cm³/mol. The number of halogens is 1. The zero-order valence-corrected chi connectivity index (χ0v) is 17.1. The van der Waals surface area contributed by atoms with Gasteiger partial charge in [0.25, 0.3) is 0 Å². The van der Waals surface area contributed by atoms with E-state index in [1.54, 1.807) is 0 Å². The standard InChI is InChI=1S/C19H20FN3O3S2/c1-13-5-10-16-17(12-13)27-19(21-16)22-18(24)4-3-11-23(2)28(25,26)15-8-6-14(20)7-9-15/h5-10,12H,3-4,11H2,1-2H3,(H,21,22,24). The monoisotopic (exact) mass is 421 g/mol. The summed E-state index contributed by atoms with van der Waals surface area (Å²) in [4.78, 5) is 16.5. The van der Waals surface area contributed by atoms with E-state index in [9.17, 15) is 17.6 Å². The third-order valence-corrected chi connectivity index (χ3v) is 6.99. The number of anilines is 1. The first kappa shape index (κ1) is 20.4. The Hall–Kier alpha value is -2.36.